The van der Waals surface area contributed by atoms with Crippen LogP contribution in [0.25, 0.3) is 27.5 Å². The Bertz CT molecular complexity index is 3190. The minimum Gasteiger partial charge on any atom is -0.474 e. The first-order valence-corrected chi connectivity index (χ1v) is 25.4. The van der Waals surface area contributed by atoms with Crippen molar-refractivity contribution in [1.29, 1.82) is 0 Å². The van der Waals surface area contributed by atoms with Gasteiger partial charge in [0.05, 0.1) is 36.2 Å². The highest BCUT2D eigenvalue weighted by atomic mass is 35.5. The number of hydrogen-bond acceptors (Lipinski definition) is 13. The Morgan fingerprint density at radius 1 is 0.931 bits per heavy atom. The van der Waals surface area contributed by atoms with Gasteiger partial charge in [-0.05, 0) is 75.4 Å². The number of nitrogens with one attached hydrogen (secondary N) is 2. The standard InChI is InChI=1S/C53H56ClN11O6S/c1-27(2)48(52(69)63-25-40(66)21-43(63)51(68)58-29(4)33-8-10-35(11-9-33)49-30(5)56-26-70-49)64-24-37(23-57-64)36-16-17-55-45(18-36)71-41-19-39(20-41)59-44(67)22-42-50-62-61-32(7)65(50)53-46(28(3)31(6)72-53)47(60-42)34-12-14-38(54)15-13-34/h8-18,23-24,26-27,29,39-43,48,66H,19-22,25H2,1-7H3,(H,58,68)(H,59,67)/t29-,39-,40+,41+,42-,43-,48?/m0/s1. The van der Waals surface area contributed by atoms with Crippen LogP contribution in [0.1, 0.15) is 109 Å². The molecule has 17 nitrogen and oxygen atoms in total. The quantitative estimate of drug-likeness (QED) is 0.0947. The van der Waals surface area contributed by atoms with Crippen LogP contribution in [0.2, 0.25) is 5.02 Å². The Balaban J connectivity index is 0.762. The number of benzene rings is 2. The first-order chi connectivity index (χ1) is 34.6. The molecule has 372 valence electrons. The topological polar surface area (TPSA) is 208 Å². The second-order valence-corrected chi connectivity index (χ2v) is 21.0. The highest BCUT2D eigenvalue weighted by molar-refractivity contribution is 7.15. The van der Waals surface area contributed by atoms with E-state index in [2.05, 4.69) is 49.7 Å². The molecule has 7 aromatic rings. The van der Waals surface area contributed by atoms with Gasteiger partial charge in [-0.2, -0.15) is 5.10 Å². The van der Waals surface area contributed by atoms with Crippen molar-refractivity contribution < 1.29 is 28.6 Å². The summed E-state index contributed by atoms with van der Waals surface area (Å²) in [6, 6.07) is 16.4. The number of β-amino-alcohol motifs (C(OH)–C–C–N with tert-alkyl or cyclic N) is 1. The van der Waals surface area contributed by atoms with E-state index in [1.165, 1.54) is 16.2 Å². The number of aromatic nitrogens is 7. The molecule has 1 unspecified atom stereocenters. The number of ether oxygens (including phenoxy) is 1. The molecule has 0 bridgehead atoms. The Labute approximate surface area is 425 Å². The number of halogens is 1. The molecule has 3 amide bonds. The molecule has 0 spiro atoms. The molecule has 2 fully saturated rings. The molecule has 1 saturated carbocycles. The number of fused-ring (bicyclic) bond motifs is 3. The molecule has 5 aromatic heterocycles. The summed E-state index contributed by atoms with van der Waals surface area (Å²) in [5.74, 6) is 1.49. The number of pyridine rings is 1. The highest BCUT2D eigenvalue weighted by Crippen LogP contribution is 2.40. The fourth-order valence-electron chi connectivity index (χ4n) is 9.91. The number of aliphatic imine (C=N–C) groups is 1. The maximum Gasteiger partial charge on any atom is 0.248 e. The first kappa shape index (κ1) is 48.6. The van der Waals surface area contributed by atoms with E-state index >= 15 is 0 Å². The predicted octanol–water partition coefficient (Wildman–Crippen LogP) is 8.17. The molecule has 10 rings (SSSR count). The zero-order valence-corrected chi connectivity index (χ0v) is 42.6. The summed E-state index contributed by atoms with van der Waals surface area (Å²) in [5.41, 5.74) is 7.92. The van der Waals surface area contributed by atoms with Crippen LogP contribution in [-0.2, 0) is 14.4 Å². The third-order valence-electron chi connectivity index (χ3n) is 14.0. The van der Waals surface area contributed by atoms with Gasteiger partial charge in [-0.15, -0.1) is 21.5 Å². The third kappa shape index (κ3) is 9.57. The van der Waals surface area contributed by atoms with E-state index in [1.54, 1.807) is 28.4 Å². The van der Waals surface area contributed by atoms with Gasteiger partial charge in [0.2, 0.25) is 23.6 Å². The minimum atomic E-state index is -0.859. The zero-order valence-electron chi connectivity index (χ0n) is 41.0. The molecule has 1 aliphatic carbocycles. The van der Waals surface area contributed by atoms with E-state index in [9.17, 15) is 19.5 Å². The van der Waals surface area contributed by atoms with Crippen LogP contribution in [-0.4, -0.2) is 98.8 Å². The number of carbonyl (C=O) groups is 3. The summed E-state index contributed by atoms with van der Waals surface area (Å²) in [6.45, 7) is 13.8. The molecule has 72 heavy (non-hydrogen) atoms. The fraction of sp³-hybridized carbons (Fsp3) is 0.377. The largest absolute Gasteiger partial charge is 0.474 e. The summed E-state index contributed by atoms with van der Waals surface area (Å²) in [7, 11) is 0. The number of hydrogen-bond donors (Lipinski definition) is 3. The Morgan fingerprint density at radius 3 is 2.40 bits per heavy atom. The molecule has 3 aliphatic rings. The molecule has 2 aromatic carbocycles. The molecule has 3 N–H and O–H groups in total. The van der Waals surface area contributed by atoms with Gasteiger partial charge in [-0.1, -0.05) is 61.8 Å². The van der Waals surface area contributed by atoms with Gasteiger partial charge in [-0.3, -0.25) is 28.6 Å². The van der Waals surface area contributed by atoms with Crippen LogP contribution in [0.4, 0.5) is 0 Å². The minimum absolute atomic E-state index is 0.0331. The summed E-state index contributed by atoms with van der Waals surface area (Å²) < 4.78 is 15.5. The van der Waals surface area contributed by atoms with Crippen molar-refractivity contribution in [2.45, 2.75) is 117 Å². The third-order valence-corrected chi connectivity index (χ3v) is 15.4. The summed E-state index contributed by atoms with van der Waals surface area (Å²) in [4.78, 5) is 58.5. The highest BCUT2D eigenvalue weighted by Gasteiger charge is 2.43. The van der Waals surface area contributed by atoms with Crippen LogP contribution < -0.4 is 15.4 Å². The number of nitrogens with zero attached hydrogens (tertiary/aromatic N) is 9. The number of aliphatic hydroxyl groups is 1. The molecule has 5 atom stereocenters. The average molecular weight is 1010 g/mol. The number of oxazole rings is 1. The van der Waals surface area contributed by atoms with Crippen molar-refractivity contribution in [1.82, 2.24) is 50.0 Å². The molecular weight excluding hydrogens is 954 g/mol. The predicted molar refractivity (Wildman–Crippen MR) is 272 cm³/mol. The van der Waals surface area contributed by atoms with E-state index in [1.807, 2.05) is 106 Å². The molecule has 7 heterocycles. The Hall–Kier alpha value is -7.02. The zero-order chi connectivity index (χ0) is 50.5. The van der Waals surface area contributed by atoms with Gasteiger partial charge in [0.1, 0.15) is 35.1 Å². The number of rotatable bonds is 14. The summed E-state index contributed by atoms with van der Waals surface area (Å²) >= 11 is 7.95. The van der Waals surface area contributed by atoms with Crippen molar-refractivity contribution in [2.24, 2.45) is 10.9 Å². The number of aryl methyl sites for hydroxylation is 3. The fourth-order valence-corrected chi connectivity index (χ4v) is 11.3. The number of likely N-dealkylation sites (tertiary alicyclic amines) is 1. The smallest absolute Gasteiger partial charge is 0.248 e. The summed E-state index contributed by atoms with van der Waals surface area (Å²) in [6.07, 6.45) is 6.98. The van der Waals surface area contributed by atoms with Gasteiger partial charge >= 0.3 is 0 Å². The second-order valence-electron chi connectivity index (χ2n) is 19.4. The van der Waals surface area contributed by atoms with Crippen LogP contribution >= 0.6 is 22.9 Å². The van der Waals surface area contributed by atoms with Crippen LogP contribution in [0.5, 0.6) is 5.88 Å². The molecule has 2 aliphatic heterocycles. The summed E-state index contributed by atoms with van der Waals surface area (Å²) in [5, 5.41) is 32.3. The van der Waals surface area contributed by atoms with Crippen molar-refractivity contribution in [2.75, 3.05) is 6.54 Å². The van der Waals surface area contributed by atoms with Gasteiger partial charge < -0.3 is 29.8 Å². The maximum atomic E-state index is 14.4. The van der Waals surface area contributed by atoms with Crippen LogP contribution in [0.3, 0.4) is 0 Å². The van der Waals surface area contributed by atoms with E-state index in [4.69, 9.17) is 25.7 Å². The average Bonchev–Trinajstić information content (AvgIpc) is 4.19. The lowest BCUT2D eigenvalue weighted by molar-refractivity contribution is -0.142. The maximum absolute atomic E-state index is 14.4. The van der Waals surface area contributed by atoms with Gasteiger partial charge in [0.25, 0.3) is 0 Å². The van der Waals surface area contributed by atoms with E-state index < -0.39 is 24.2 Å². The molecule has 1 saturated heterocycles. The Morgan fingerprint density at radius 2 is 1.68 bits per heavy atom. The number of amides is 3. The van der Waals surface area contributed by atoms with Gasteiger partial charge in [0.15, 0.2) is 18.0 Å². The first-order valence-electron chi connectivity index (χ1n) is 24.2. The van der Waals surface area contributed by atoms with Crippen molar-refractivity contribution >= 4 is 46.4 Å². The monoisotopic (exact) mass is 1010 g/mol. The van der Waals surface area contributed by atoms with Gasteiger partial charge in [0, 0.05) is 82.5 Å². The van der Waals surface area contributed by atoms with E-state index in [0.29, 0.717) is 35.3 Å². The van der Waals surface area contributed by atoms with Gasteiger partial charge in [-0.25, -0.2) is 9.97 Å². The van der Waals surface area contributed by atoms with Crippen molar-refractivity contribution in [3.05, 3.63) is 135 Å². The second kappa shape index (κ2) is 19.9. The normalized spacial score (nSPS) is 20.2. The lowest BCUT2D eigenvalue weighted by atomic mass is 9.89. The lowest BCUT2D eigenvalue weighted by Gasteiger charge is -2.35. The molecular formula is C53H56ClN11O6S. The van der Waals surface area contributed by atoms with Crippen molar-refractivity contribution in [3.8, 4) is 33.3 Å². The SMILES string of the molecule is Cc1ncoc1-c1ccc([C@H](C)NC(=O)[C@@H]2C[C@@H](O)CN2C(=O)C(C(C)C)n2cc(-c3ccnc(O[C@H]4C[C@@H](NC(=O)C[C@@H]5N=C(c6ccc(Cl)cc6)c6c(sc(C)c6C)-n6c(C)nnc65)C4)c3)cn2)cc1. The lowest BCUT2D eigenvalue weighted by Crippen LogP contribution is -2.49. The van der Waals surface area contributed by atoms with E-state index in [-0.39, 0.29) is 61.2 Å². The van der Waals surface area contributed by atoms with Crippen LogP contribution in [0.15, 0.2) is 95.1 Å². The number of thiophene rings is 1. The number of carbonyl (C=O) groups excluding carboxylic acids is 3. The molecule has 0 radical (unpaired) electrons. The van der Waals surface area contributed by atoms with E-state index in [0.717, 1.165) is 61.2 Å². The Kier molecular flexibility index (Phi) is 13.4. The van der Waals surface area contributed by atoms with Crippen LogP contribution in [0, 0.1) is 33.6 Å². The molecule has 19 heteroatoms. The number of aliphatic hydroxyl groups excluding tert-OH is 1. The van der Waals surface area contributed by atoms with Crippen molar-refractivity contribution in [3.63, 3.8) is 0 Å².